The third-order valence-electron chi connectivity index (χ3n) is 2.83. The molecule has 0 heterocycles. The van der Waals surface area contributed by atoms with Crippen molar-refractivity contribution in [1.82, 2.24) is 0 Å². The van der Waals surface area contributed by atoms with Gasteiger partial charge in [0.15, 0.2) is 0 Å². The minimum absolute atomic E-state index is 0.0468. The van der Waals surface area contributed by atoms with E-state index in [-0.39, 0.29) is 11.4 Å². The molecule has 8 heteroatoms. The summed E-state index contributed by atoms with van der Waals surface area (Å²) in [7, 11) is -1.57. The Morgan fingerprint density at radius 3 is 2.36 bits per heavy atom. The van der Waals surface area contributed by atoms with Gasteiger partial charge in [-0.2, -0.15) is 0 Å². The summed E-state index contributed by atoms with van der Waals surface area (Å²) in [4.78, 5) is -0.794. The van der Waals surface area contributed by atoms with E-state index in [1.807, 2.05) is 0 Å². The number of nitrogens with one attached hydrogen (secondary N) is 1. The number of hydrogen-bond acceptors (Lipinski definition) is 4. The Kier molecular flexibility index (Phi) is 4.51. The first-order chi connectivity index (χ1) is 10.4. The Balaban J connectivity index is 2.46. The van der Waals surface area contributed by atoms with E-state index in [2.05, 4.69) is 4.72 Å². The lowest BCUT2D eigenvalue weighted by atomic mass is 10.3. The molecule has 0 unspecified atom stereocenters. The summed E-state index contributed by atoms with van der Waals surface area (Å²) < 4.78 is 63.5. The largest absolute Gasteiger partial charge is 0.497 e. The topological polar surface area (TPSA) is 64.6 Å². The van der Waals surface area contributed by atoms with Crippen LogP contribution < -0.4 is 14.2 Å². The molecule has 0 fully saturated rings. The summed E-state index contributed by atoms with van der Waals surface area (Å²) in [5.74, 6) is -1.34. The lowest BCUT2D eigenvalue weighted by Gasteiger charge is -2.13. The van der Waals surface area contributed by atoms with Crippen molar-refractivity contribution in [2.24, 2.45) is 0 Å². The van der Waals surface area contributed by atoms with Gasteiger partial charge in [-0.05, 0) is 30.3 Å². The second-order valence-corrected chi connectivity index (χ2v) is 5.90. The monoisotopic (exact) mass is 329 g/mol. The van der Waals surface area contributed by atoms with Crippen LogP contribution in [0.25, 0.3) is 0 Å². The van der Waals surface area contributed by atoms with Crippen LogP contribution in [0.1, 0.15) is 0 Å². The number of methoxy groups -OCH3 is 2. The average molecular weight is 329 g/mol. The van der Waals surface area contributed by atoms with E-state index in [1.165, 1.54) is 26.4 Å². The van der Waals surface area contributed by atoms with Crippen molar-refractivity contribution in [1.29, 1.82) is 0 Å². The standard InChI is InChI=1S/C14H13F2NO4S/c1-20-10-4-6-13(21-2)12(8-10)17-22(18,19)14-7-9(15)3-5-11(14)16/h3-8,17H,1-2H3. The maximum absolute atomic E-state index is 13.7. The molecule has 22 heavy (non-hydrogen) atoms. The zero-order valence-corrected chi connectivity index (χ0v) is 12.6. The molecule has 0 radical (unpaired) electrons. The van der Waals surface area contributed by atoms with E-state index in [1.54, 1.807) is 6.07 Å². The maximum Gasteiger partial charge on any atom is 0.265 e. The van der Waals surface area contributed by atoms with Gasteiger partial charge in [0.1, 0.15) is 28.0 Å². The Labute approximate surface area is 126 Å². The van der Waals surface area contributed by atoms with Gasteiger partial charge in [-0.1, -0.05) is 0 Å². The maximum atomic E-state index is 13.7. The van der Waals surface area contributed by atoms with Crippen molar-refractivity contribution in [3.8, 4) is 11.5 Å². The third kappa shape index (κ3) is 3.28. The number of sulfonamides is 1. The fraction of sp³-hybridized carbons (Fsp3) is 0.143. The molecule has 118 valence electrons. The Bertz CT molecular complexity index is 793. The zero-order chi connectivity index (χ0) is 16.3. The lowest BCUT2D eigenvalue weighted by Crippen LogP contribution is -2.15. The summed E-state index contributed by atoms with van der Waals surface area (Å²) in [6, 6.07) is 6.60. The summed E-state index contributed by atoms with van der Waals surface area (Å²) in [6.07, 6.45) is 0. The molecule has 0 aromatic heterocycles. The molecule has 2 aromatic carbocycles. The number of hydrogen-bond donors (Lipinski definition) is 1. The van der Waals surface area contributed by atoms with Crippen LogP contribution in [0.15, 0.2) is 41.3 Å². The number of halogens is 2. The van der Waals surface area contributed by atoms with E-state index < -0.39 is 26.6 Å². The molecule has 5 nitrogen and oxygen atoms in total. The molecule has 0 aliphatic carbocycles. The van der Waals surface area contributed by atoms with Crippen molar-refractivity contribution in [2.75, 3.05) is 18.9 Å². The number of ether oxygens (including phenoxy) is 2. The summed E-state index contributed by atoms with van der Waals surface area (Å²) in [5.41, 5.74) is 0.0468. The van der Waals surface area contributed by atoms with Gasteiger partial charge >= 0.3 is 0 Å². The average Bonchev–Trinajstić information content (AvgIpc) is 2.49. The van der Waals surface area contributed by atoms with Crippen molar-refractivity contribution in [3.63, 3.8) is 0 Å². The predicted molar refractivity (Wildman–Crippen MR) is 76.7 cm³/mol. The minimum atomic E-state index is -4.32. The van der Waals surface area contributed by atoms with E-state index in [9.17, 15) is 17.2 Å². The molecule has 0 saturated heterocycles. The molecule has 0 amide bonds. The van der Waals surface area contributed by atoms with Crippen molar-refractivity contribution >= 4 is 15.7 Å². The van der Waals surface area contributed by atoms with Gasteiger partial charge in [0.25, 0.3) is 10.0 Å². The fourth-order valence-electron chi connectivity index (χ4n) is 1.78. The van der Waals surface area contributed by atoms with Crippen molar-refractivity contribution in [3.05, 3.63) is 48.0 Å². The lowest BCUT2D eigenvalue weighted by molar-refractivity contribution is 0.405. The molecule has 0 spiro atoms. The highest BCUT2D eigenvalue weighted by atomic mass is 32.2. The highest BCUT2D eigenvalue weighted by Gasteiger charge is 2.22. The molecule has 2 aromatic rings. The van der Waals surface area contributed by atoms with Crippen LogP contribution in [0, 0.1) is 11.6 Å². The van der Waals surface area contributed by atoms with Crippen LogP contribution in [0.5, 0.6) is 11.5 Å². The van der Waals surface area contributed by atoms with E-state index in [4.69, 9.17) is 9.47 Å². The molecular weight excluding hydrogens is 316 g/mol. The second-order valence-electron chi connectivity index (χ2n) is 4.25. The zero-order valence-electron chi connectivity index (χ0n) is 11.8. The summed E-state index contributed by atoms with van der Waals surface area (Å²) in [6.45, 7) is 0. The summed E-state index contributed by atoms with van der Waals surface area (Å²) >= 11 is 0. The van der Waals surface area contributed by atoms with Gasteiger partial charge in [-0.15, -0.1) is 0 Å². The normalized spacial score (nSPS) is 11.1. The summed E-state index contributed by atoms with van der Waals surface area (Å²) in [5, 5.41) is 0. The quantitative estimate of drug-likeness (QED) is 0.916. The van der Waals surface area contributed by atoms with Crippen LogP contribution in [-0.2, 0) is 10.0 Å². The first-order valence-corrected chi connectivity index (χ1v) is 7.55. The van der Waals surface area contributed by atoms with Gasteiger partial charge < -0.3 is 9.47 Å². The highest BCUT2D eigenvalue weighted by Crippen LogP contribution is 2.31. The second kappa shape index (κ2) is 6.18. The fourth-order valence-corrected chi connectivity index (χ4v) is 2.93. The van der Waals surface area contributed by atoms with Gasteiger partial charge in [-0.25, -0.2) is 17.2 Å². The van der Waals surface area contributed by atoms with Gasteiger partial charge in [-0.3, -0.25) is 4.72 Å². The predicted octanol–water partition coefficient (Wildman–Crippen LogP) is 2.78. The molecule has 0 saturated carbocycles. The van der Waals surface area contributed by atoms with Gasteiger partial charge in [0.2, 0.25) is 0 Å². The third-order valence-corrected chi connectivity index (χ3v) is 4.21. The van der Waals surface area contributed by atoms with Crippen LogP contribution >= 0.6 is 0 Å². The Morgan fingerprint density at radius 2 is 1.73 bits per heavy atom. The van der Waals surface area contributed by atoms with Crippen LogP contribution in [0.4, 0.5) is 14.5 Å². The molecule has 0 aliphatic heterocycles. The van der Waals surface area contributed by atoms with Crippen molar-refractivity contribution < 1.29 is 26.7 Å². The smallest absolute Gasteiger partial charge is 0.265 e. The first kappa shape index (κ1) is 16.0. The minimum Gasteiger partial charge on any atom is -0.497 e. The number of rotatable bonds is 5. The Hall–Kier alpha value is -2.35. The molecule has 0 atom stereocenters. The van der Waals surface area contributed by atoms with E-state index >= 15 is 0 Å². The SMILES string of the molecule is COc1ccc(OC)c(NS(=O)(=O)c2cc(F)ccc2F)c1. The van der Waals surface area contributed by atoms with E-state index in [0.29, 0.717) is 11.8 Å². The molecule has 1 N–H and O–H groups in total. The van der Waals surface area contributed by atoms with E-state index in [0.717, 1.165) is 12.1 Å². The number of anilines is 1. The van der Waals surface area contributed by atoms with Crippen molar-refractivity contribution in [2.45, 2.75) is 4.90 Å². The molecule has 0 aliphatic rings. The van der Waals surface area contributed by atoms with Gasteiger partial charge in [0, 0.05) is 6.07 Å². The van der Waals surface area contributed by atoms with Crippen LogP contribution in [0.2, 0.25) is 0 Å². The van der Waals surface area contributed by atoms with Crippen LogP contribution in [0.3, 0.4) is 0 Å². The number of benzene rings is 2. The molecular formula is C14H13F2NO4S. The molecule has 2 rings (SSSR count). The highest BCUT2D eigenvalue weighted by molar-refractivity contribution is 7.92. The first-order valence-electron chi connectivity index (χ1n) is 6.07. The van der Waals surface area contributed by atoms with Gasteiger partial charge in [0.05, 0.1) is 19.9 Å². The molecule has 0 bridgehead atoms. The van der Waals surface area contributed by atoms with Crippen LogP contribution in [-0.4, -0.2) is 22.6 Å². The Morgan fingerprint density at radius 1 is 1.00 bits per heavy atom.